The first-order valence-electron chi connectivity index (χ1n) is 8.13. The molecule has 134 valence electrons. The Morgan fingerprint density at radius 2 is 1.88 bits per heavy atom. The number of amides is 1. The summed E-state index contributed by atoms with van der Waals surface area (Å²) in [6.45, 7) is 3.88. The summed E-state index contributed by atoms with van der Waals surface area (Å²) in [5.41, 5.74) is 2.92. The Kier molecular flexibility index (Phi) is 4.83. The number of nitrogens with zero attached hydrogens (tertiary/aromatic N) is 4. The van der Waals surface area contributed by atoms with Crippen LogP contribution in [0.2, 0.25) is 0 Å². The van der Waals surface area contributed by atoms with Gasteiger partial charge in [0.1, 0.15) is 5.69 Å². The van der Waals surface area contributed by atoms with Gasteiger partial charge >= 0.3 is 5.97 Å². The fourth-order valence-corrected chi connectivity index (χ4v) is 2.50. The maximum Gasteiger partial charge on any atom is 0.358 e. The van der Waals surface area contributed by atoms with Gasteiger partial charge in [-0.25, -0.2) is 9.48 Å². The van der Waals surface area contributed by atoms with E-state index in [1.165, 1.54) is 0 Å². The third-order valence-corrected chi connectivity index (χ3v) is 3.70. The van der Waals surface area contributed by atoms with Crippen molar-refractivity contribution < 1.29 is 14.3 Å². The second-order valence-electron chi connectivity index (χ2n) is 5.66. The molecule has 1 aromatic carbocycles. The predicted molar refractivity (Wildman–Crippen MR) is 95.4 cm³/mol. The molecule has 0 saturated carbocycles. The lowest BCUT2D eigenvalue weighted by Crippen LogP contribution is -2.16. The van der Waals surface area contributed by atoms with Gasteiger partial charge in [-0.2, -0.15) is 10.2 Å². The van der Waals surface area contributed by atoms with Gasteiger partial charge in [-0.3, -0.25) is 9.48 Å². The fraction of sp³-hybridized carbons (Fsp3) is 0.222. The highest BCUT2D eigenvalue weighted by Crippen LogP contribution is 2.15. The van der Waals surface area contributed by atoms with Crippen LogP contribution < -0.4 is 5.32 Å². The highest BCUT2D eigenvalue weighted by atomic mass is 16.5. The molecule has 2 aromatic heterocycles. The molecule has 0 saturated heterocycles. The van der Waals surface area contributed by atoms with Crippen molar-refractivity contribution in [2.24, 2.45) is 7.05 Å². The average molecular weight is 353 g/mol. The van der Waals surface area contributed by atoms with Crippen molar-refractivity contribution in [1.29, 1.82) is 0 Å². The van der Waals surface area contributed by atoms with E-state index in [9.17, 15) is 9.59 Å². The predicted octanol–water partition coefficient (Wildman–Crippen LogP) is 2.34. The minimum atomic E-state index is -0.457. The third-order valence-electron chi connectivity index (χ3n) is 3.70. The van der Waals surface area contributed by atoms with Crippen LogP contribution in [-0.4, -0.2) is 38.0 Å². The summed E-state index contributed by atoms with van der Waals surface area (Å²) in [6, 6.07) is 10.4. The van der Waals surface area contributed by atoms with Crippen molar-refractivity contribution in [2.45, 2.75) is 13.8 Å². The van der Waals surface area contributed by atoms with Crippen LogP contribution in [0.5, 0.6) is 0 Å². The van der Waals surface area contributed by atoms with Crippen molar-refractivity contribution in [2.75, 3.05) is 11.9 Å². The van der Waals surface area contributed by atoms with Gasteiger partial charge in [0.25, 0.3) is 5.91 Å². The molecule has 8 heteroatoms. The number of ether oxygens (including phenoxy) is 1. The molecule has 1 N–H and O–H groups in total. The first kappa shape index (κ1) is 17.4. The first-order chi connectivity index (χ1) is 12.5. The SMILES string of the molecule is CCOC(=O)c1ccn(-c2ccc(NC(=O)c3cc(C)nn3C)cc2)n1. The Morgan fingerprint density at radius 3 is 2.50 bits per heavy atom. The Morgan fingerprint density at radius 1 is 1.15 bits per heavy atom. The van der Waals surface area contributed by atoms with E-state index < -0.39 is 5.97 Å². The number of benzene rings is 1. The minimum Gasteiger partial charge on any atom is -0.461 e. The molecule has 0 aliphatic carbocycles. The van der Waals surface area contributed by atoms with E-state index in [0.29, 0.717) is 18.0 Å². The number of hydrogen-bond acceptors (Lipinski definition) is 5. The van der Waals surface area contributed by atoms with Crippen molar-refractivity contribution in [3.05, 3.63) is 59.7 Å². The van der Waals surface area contributed by atoms with Crippen LogP contribution in [0.15, 0.2) is 42.6 Å². The van der Waals surface area contributed by atoms with E-state index in [1.54, 1.807) is 65.9 Å². The van der Waals surface area contributed by atoms with Gasteiger partial charge in [0.2, 0.25) is 0 Å². The van der Waals surface area contributed by atoms with Gasteiger partial charge in [-0.1, -0.05) is 0 Å². The summed E-state index contributed by atoms with van der Waals surface area (Å²) in [6.07, 6.45) is 1.68. The molecule has 0 unspecified atom stereocenters. The van der Waals surface area contributed by atoms with Crippen LogP contribution in [0, 0.1) is 6.92 Å². The van der Waals surface area contributed by atoms with Crippen LogP contribution in [-0.2, 0) is 11.8 Å². The molecule has 1 amide bonds. The quantitative estimate of drug-likeness (QED) is 0.711. The molecule has 0 fully saturated rings. The molecule has 0 atom stereocenters. The van der Waals surface area contributed by atoms with Gasteiger partial charge in [0, 0.05) is 18.9 Å². The molecule has 0 aliphatic rings. The van der Waals surface area contributed by atoms with Crippen LogP contribution in [0.25, 0.3) is 5.69 Å². The number of carbonyl (C=O) groups is 2. The fourth-order valence-electron chi connectivity index (χ4n) is 2.50. The zero-order chi connectivity index (χ0) is 18.7. The molecule has 3 rings (SSSR count). The topological polar surface area (TPSA) is 91.0 Å². The first-order valence-corrected chi connectivity index (χ1v) is 8.13. The van der Waals surface area contributed by atoms with E-state index in [0.717, 1.165) is 11.4 Å². The van der Waals surface area contributed by atoms with Crippen LogP contribution in [0.3, 0.4) is 0 Å². The number of rotatable bonds is 5. The maximum atomic E-state index is 12.3. The number of anilines is 1. The Balaban J connectivity index is 1.71. The summed E-state index contributed by atoms with van der Waals surface area (Å²) in [5.74, 6) is -0.689. The van der Waals surface area contributed by atoms with Crippen molar-refractivity contribution in [1.82, 2.24) is 19.6 Å². The van der Waals surface area contributed by atoms with Crippen LogP contribution in [0.1, 0.15) is 33.6 Å². The molecular formula is C18H19N5O3. The normalized spacial score (nSPS) is 10.6. The van der Waals surface area contributed by atoms with Crippen molar-refractivity contribution in [3.63, 3.8) is 0 Å². The Bertz CT molecular complexity index is 940. The molecule has 2 heterocycles. The lowest BCUT2D eigenvalue weighted by molar-refractivity contribution is 0.0519. The standard InChI is InChI=1S/C18H19N5O3/c1-4-26-18(25)15-9-10-23(21-15)14-7-5-13(6-8-14)19-17(24)16-11-12(2)20-22(16)3/h5-11H,4H2,1-3H3,(H,19,24). The van der Waals surface area contributed by atoms with E-state index in [2.05, 4.69) is 15.5 Å². The van der Waals surface area contributed by atoms with Crippen LogP contribution in [0.4, 0.5) is 5.69 Å². The summed E-state index contributed by atoms with van der Waals surface area (Å²) in [4.78, 5) is 24.0. The highest BCUT2D eigenvalue weighted by Gasteiger charge is 2.13. The minimum absolute atomic E-state index is 0.232. The van der Waals surface area contributed by atoms with Gasteiger partial charge in [-0.05, 0) is 50.2 Å². The van der Waals surface area contributed by atoms with Gasteiger partial charge in [0.05, 0.1) is 18.0 Å². The lowest BCUT2D eigenvalue weighted by atomic mass is 10.2. The zero-order valence-electron chi connectivity index (χ0n) is 14.8. The smallest absolute Gasteiger partial charge is 0.358 e. The number of esters is 1. The van der Waals surface area contributed by atoms with Gasteiger partial charge in [0.15, 0.2) is 5.69 Å². The molecule has 0 spiro atoms. The monoisotopic (exact) mass is 353 g/mol. The average Bonchev–Trinajstić information content (AvgIpc) is 3.22. The largest absolute Gasteiger partial charge is 0.461 e. The Labute approximate surface area is 150 Å². The maximum absolute atomic E-state index is 12.3. The zero-order valence-corrected chi connectivity index (χ0v) is 14.8. The molecule has 0 bridgehead atoms. The van der Waals surface area contributed by atoms with Crippen LogP contribution >= 0.6 is 0 Å². The molecule has 8 nitrogen and oxygen atoms in total. The second-order valence-corrected chi connectivity index (χ2v) is 5.66. The molecular weight excluding hydrogens is 334 g/mol. The molecule has 0 aliphatic heterocycles. The van der Waals surface area contributed by atoms with E-state index in [-0.39, 0.29) is 11.6 Å². The summed E-state index contributed by atoms with van der Waals surface area (Å²) in [7, 11) is 1.73. The number of aromatic nitrogens is 4. The lowest BCUT2D eigenvalue weighted by Gasteiger charge is -2.07. The molecule has 3 aromatic rings. The second kappa shape index (κ2) is 7.22. The summed E-state index contributed by atoms with van der Waals surface area (Å²) in [5, 5.41) is 11.2. The summed E-state index contributed by atoms with van der Waals surface area (Å²) < 4.78 is 8.04. The molecule has 26 heavy (non-hydrogen) atoms. The van der Waals surface area contributed by atoms with E-state index >= 15 is 0 Å². The third kappa shape index (κ3) is 3.64. The number of carbonyl (C=O) groups excluding carboxylic acids is 2. The van der Waals surface area contributed by atoms with Gasteiger partial charge in [-0.15, -0.1) is 0 Å². The number of aryl methyl sites for hydroxylation is 2. The van der Waals surface area contributed by atoms with Gasteiger partial charge < -0.3 is 10.1 Å². The van der Waals surface area contributed by atoms with E-state index in [1.807, 2.05) is 6.92 Å². The van der Waals surface area contributed by atoms with E-state index in [4.69, 9.17) is 4.74 Å². The van der Waals surface area contributed by atoms with Crippen molar-refractivity contribution in [3.8, 4) is 5.69 Å². The highest BCUT2D eigenvalue weighted by molar-refractivity contribution is 6.03. The number of hydrogen-bond donors (Lipinski definition) is 1. The van der Waals surface area contributed by atoms with Crippen molar-refractivity contribution >= 4 is 17.6 Å². The summed E-state index contributed by atoms with van der Waals surface area (Å²) >= 11 is 0. The molecule has 0 radical (unpaired) electrons. The number of nitrogens with one attached hydrogen (secondary N) is 1. The Hall–Kier alpha value is -3.42.